The van der Waals surface area contributed by atoms with Crippen molar-refractivity contribution >= 4 is 34.8 Å². The van der Waals surface area contributed by atoms with Crippen LogP contribution in [0.4, 0.5) is 0 Å². The second-order valence-corrected chi connectivity index (χ2v) is 6.50. The van der Waals surface area contributed by atoms with Crippen molar-refractivity contribution in [3.05, 3.63) is 57.2 Å². The van der Waals surface area contributed by atoms with Crippen molar-refractivity contribution < 1.29 is 9.59 Å². The summed E-state index contributed by atoms with van der Waals surface area (Å²) in [6, 6.07) is 11.2. The number of thiophene rings is 1. The highest BCUT2D eigenvalue weighted by molar-refractivity contribution is 7.12. The van der Waals surface area contributed by atoms with Crippen molar-refractivity contribution in [3.8, 4) is 0 Å². The number of nitrogens with zero attached hydrogens (tertiary/aromatic N) is 1. The van der Waals surface area contributed by atoms with Gasteiger partial charge >= 0.3 is 0 Å². The zero-order valence-electron chi connectivity index (χ0n) is 12.9. The Labute approximate surface area is 145 Å². The van der Waals surface area contributed by atoms with E-state index in [1.807, 2.05) is 35.7 Å². The minimum Gasteiger partial charge on any atom is -0.350 e. The van der Waals surface area contributed by atoms with Gasteiger partial charge in [-0.2, -0.15) is 0 Å². The monoisotopic (exact) mass is 350 g/mol. The molecular weight excluding hydrogens is 332 g/mol. The van der Waals surface area contributed by atoms with Crippen LogP contribution in [0.25, 0.3) is 0 Å². The quantitative estimate of drug-likeness (QED) is 0.833. The maximum absolute atomic E-state index is 11.9. The number of hydrogen-bond acceptors (Lipinski definition) is 3. The summed E-state index contributed by atoms with van der Waals surface area (Å²) < 4.78 is 0. The third kappa shape index (κ3) is 5.69. The lowest BCUT2D eigenvalue weighted by atomic mass is 10.1. The Kier molecular flexibility index (Phi) is 6.62. The van der Waals surface area contributed by atoms with E-state index in [1.165, 1.54) is 11.3 Å². The van der Waals surface area contributed by atoms with Gasteiger partial charge in [0.05, 0.1) is 4.88 Å². The standard InChI is InChI=1S/C17H19ClN2O2S/c1-13(21)20(10-8-14-4-6-15(18)7-5-14)11-9-19-17(22)16-3-2-12-23-16/h2-7,12H,8-11H2,1H3,(H,19,22). The van der Waals surface area contributed by atoms with E-state index in [9.17, 15) is 9.59 Å². The van der Waals surface area contributed by atoms with Crippen molar-refractivity contribution in [1.82, 2.24) is 10.2 Å². The van der Waals surface area contributed by atoms with Crippen LogP contribution in [-0.4, -0.2) is 36.3 Å². The first-order valence-electron chi connectivity index (χ1n) is 7.38. The Balaban J connectivity index is 1.78. The third-order valence-electron chi connectivity index (χ3n) is 3.44. The summed E-state index contributed by atoms with van der Waals surface area (Å²) in [4.78, 5) is 26.0. The number of nitrogens with one attached hydrogen (secondary N) is 1. The number of carbonyl (C=O) groups is 2. The SMILES string of the molecule is CC(=O)N(CCNC(=O)c1cccs1)CCc1ccc(Cl)cc1. The number of rotatable bonds is 7. The van der Waals surface area contributed by atoms with Gasteiger partial charge in [0.25, 0.3) is 5.91 Å². The summed E-state index contributed by atoms with van der Waals surface area (Å²) in [5.74, 6) is -0.0921. The second kappa shape index (κ2) is 8.70. The van der Waals surface area contributed by atoms with Crippen molar-refractivity contribution in [2.24, 2.45) is 0 Å². The van der Waals surface area contributed by atoms with Gasteiger partial charge in [-0.25, -0.2) is 0 Å². The average molecular weight is 351 g/mol. The van der Waals surface area contributed by atoms with E-state index < -0.39 is 0 Å². The lowest BCUT2D eigenvalue weighted by Gasteiger charge is -2.21. The molecule has 0 aliphatic heterocycles. The molecule has 2 amide bonds. The van der Waals surface area contributed by atoms with Crippen molar-refractivity contribution in [2.75, 3.05) is 19.6 Å². The summed E-state index contributed by atoms with van der Waals surface area (Å²) >= 11 is 7.26. The average Bonchev–Trinajstić information content (AvgIpc) is 3.06. The van der Waals surface area contributed by atoms with Crippen LogP contribution >= 0.6 is 22.9 Å². The first kappa shape index (κ1) is 17.5. The van der Waals surface area contributed by atoms with Gasteiger partial charge in [0.1, 0.15) is 0 Å². The van der Waals surface area contributed by atoms with Gasteiger partial charge in [-0.15, -0.1) is 11.3 Å². The predicted octanol–water partition coefficient (Wildman–Crippen LogP) is 3.22. The number of benzene rings is 1. The van der Waals surface area contributed by atoms with Gasteiger partial charge in [0, 0.05) is 31.6 Å². The van der Waals surface area contributed by atoms with E-state index in [-0.39, 0.29) is 11.8 Å². The molecule has 4 nitrogen and oxygen atoms in total. The van der Waals surface area contributed by atoms with Crippen LogP contribution in [0.1, 0.15) is 22.2 Å². The number of halogens is 1. The maximum atomic E-state index is 11.9. The Morgan fingerprint density at radius 1 is 1.17 bits per heavy atom. The topological polar surface area (TPSA) is 49.4 Å². The van der Waals surface area contributed by atoms with Crippen molar-refractivity contribution in [2.45, 2.75) is 13.3 Å². The van der Waals surface area contributed by atoms with Gasteiger partial charge < -0.3 is 10.2 Å². The Bertz CT molecular complexity index is 641. The first-order chi connectivity index (χ1) is 11.1. The molecule has 2 aromatic rings. The van der Waals surface area contributed by atoms with Gasteiger partial charge in [0.15, 0.2) is 0 Å². The molecule has 0 spiro atoms. The van der Waals surface area contributed by atoms with Crippen LogP contribution in [0.2, 0.25) is 5.02 Å². The van der Waals surface area contributed by atoms with Gasteiger partial charge in [-0.3, -0.25) is 9.59 Å². The molecule has 122 valence electrons. The van der Waals surface area contributed by atoms with Crippen LogP contribution in [0.15, 0.2) is 41.8 Å². The summed E-state index contributed by atoms with van der Waals surface area (Å²) in [5.41, 5.74) is 1.13. The van der Waals surface area contributed by atoms with Crippen LogP contribution < -0.4 is 5.32 Å². The molecule has 0 aliphatic rings. The summed E-state index contributed by atoms with van der Waals surface area (Å²) in [7, 11) is 0. The van der Waals surface area contributed by atoms with Crippen LogP contribution in [-0.2, 0) is 11.2 Å². The normalized spacial score (nSPS) is 10.3. The van der Waals surface area contributed by atoms with Gasteiger partial charge in [0.2, 0.25) is 5.91 Å². The fourth-order valence-electron chi connectivity index (χ4n) is 2.14. The number of amides is 2. The minimum absolute atomic E-state index is 0.00401. The van der Waals surface area contributed by atoms with E-state index in [1.54, 1.807) is 17.9 Å². The maximum Gasteiger partial charge on any atom is 0.261 e. The largest absolute Gasteiger partial charge is 0.350 e. The molecule has 0 bridgehead atoms. The smallest absolute Gasteiger partial charge is 0.261 e. The third-order valence-corrected chi connectivity index (χ3v) is 4.56. The predicted molar refractivity (Wildman–Crippen MR) is 94.1 cm³/mol. The Morgan fingerprint density at radius 2 is 1.91 bits per heavy atom. The molecule has 0 aliphatic carbocycles. The first-order valence-corrected chi connectivity index (χ1v) is 8.63. The fourth-order valence-corrected chi connectivity index (χ4v) is 2.91. The molecule has 0 saturated carbocycles. The summed E-state index contributed by atoms with van der Waals surface area (Å²) in [5, 5.41) is 5.40. The Hall–Kier alpha value is -1.85. The molecule has 1 N–H and O–H groups in total. The zero-order chi connectivity index (χ0) is 16.7. The molecule has 23 heavy (non-hydrogen) atoms. The molecule has 1 aromatic heterocycles. The molecule has 0 saturated heterocycles. The lowest BCUT2D eigenvalue weighted by molar-refractivity contribution is -0.128. The second-order valence-electron chi connectivity index (χ2n) is 5.12. The highest BCUT2D eigenvalue weighted by atomic mass is 35.5. The molecule has 0 fully saturated rings. The molecule has 0 radical (unpaired) electrons. The molecule has 1 aromatic carbocycles. The van der Waals surface area contributed by atoms with Crippen LogP contribution in [0.5, 0.6) is 0 Å². The highest BCUT2D eigenvalue weighted by Gasteiger charge is 2.10. The van der Waals surface area contributed by atoms with E-state index in [4.69, 9.17) is 11.6 Å². The van der Waals surface area contributed by atoms with Crippen LogP contribution in [0, 0.1) is 0 Å². The van der Waals surface area contributed by atoms with E-state index in [2.05, 4.69) is 5.32 Å². The highest BCUT2D eigenvalue weighted by Crippen LogP contribution is 2.10. The number of hydrogen-bond donors (Lipinski definition) is 1. The molecule has 0 unspecified atom stereocenters. The summed E-state index contributed by atoms with van der Waals surface area (Å²) in [6.45, 7) is 3.10. The van der Waals surface area contributed by atoms with Crippen LogP contribution in [0.3, 0.4) is 0 Å². The van der Waals surface area contributed by atoms with Crippen molar-refractivity contribution in [3.63, 3.8) is 0 Å². The molecule has 0 atom stereocenters. The lowest BCUT2D eigenvalue weighted by Crippen LogP contribution is -2.38. The van der Waals surface area contributed by atoms with E-state index in [0.29, 0.717) is 29.5 Å². The fraction of sp³-hybridized carbons (Fsp3) is 0.294. The van der Waals surface area contributed by atoms with E-state index >= 15 is 0 Å². The molecule has 2 rings (SSSR count). The van der Waals surface area contributed by atoms with Crippen molar-refractivity contribution in [1.29, 1.82) is 0 Å². The minimum atomic E-state index is -0.0961. The molecule has 6 heteroatoms. The van der Waals surface area contributed by atoms with E-state index in [0.717, 1.165) is 12.0 Å². The zero-order valence-corrected chi connectivity index (χ0v) is 14.5. The summed E-state index contributed by atoms with van der Waals surface area (Å²) in [6.07, 6.45) is 0.760. The van der Waals surface area contributed by atoms with Gasteiger partial charge in [-0.05, 0) is 35.6 Å². The Morgan fingerprint density at radius 3 is 2.52 bits per heavy atom. The molecule has 1 heterocycles. The molecular formula is C17H19ClN2O2S. The van der Waals surface area contributed by atoms with Gasteiger partial charge in [-0.1, -0.05) is 29.8 Å². The number of carbonyl (C=O) groups excluding carboxylic acids is 2.